The Morgan fingerprint density at radius 1 is 1.28 bits per heavy atom. The summed E-state index contributed by atoms with van der Waals surface area (Å²) >= 11 is 0. The van der Waals surface area contributed by atoms with Gasteiger partial charge in [-0.3, -0.25) is 4.79 Å². The van der Waals surface area contributed by atoms with Gasteiger partial charge in [0.25, 0.3) is 0 Å². The summed E-state index contributed by atoms with van der Waals surface area (Å²) in [6, 6.07) is -0.563. The van der Waals surface area contributed by atoms with Gasteiger partial charge in [-0.1, -0.05) is 0 Å². The second-order valence-corrected chi connectivity index (χ2v) is 5.16. The number of carbonyl (C=O) groups excluding carboxylic acids is 2. The van der Waals surface area contributed by atoms with Crippen molar-refractivity contribution in [3.8, 4) is 0 Å². The Hall–Kier alpha value is -1.79. The zero-order valence-corrected chi connectivity index (χ0v) is 10.8. The maximum absolute atomic E-state index is 11.5. The number of carboxylic acid groups (broad SMARTS) is 1. The lowest BCUT2D eigenvalue weighted by Crippen LogP contribution is -2.51. The van der Waals surface area contributed by atoms with E-state index in [2.05, 4.69) is 16.0 Å². The van der Waals surface area contributed by atoms with E-state index in [-0.39, 0.29) is 12.5 Å². The minimum atomic E-state index is -1.11. The summed E-state index contributed by atoms with van der Waals surface area (Å²) in [5.74, 6) is -1.22. The monoisotopic (exact) mass is 257 g/mol. The van der Waals surface area contributed by atoms with E-state index in [1.807, 2.05) is 0 Å². The molecule has 7 nitrogen and oxygen atoms in total. The van der Waals surface area contributed by atoms with Gasteiger partial charge in [-0.15, -0.1) is 0 Å². The maximum atomic E-state index is 11.5. The summed E-state index contributed by atoms with van der Waals surface area (Å²) in [5.41, 5.74) is -1.85. The van der Waals surface area contributed by atoms with Crippen LogP contribution in [-0.4, -0.2) is 42.1 Å². The Bertz CT molecular complexity index is 374. The molecule has 0 heterocycles. The first-order chi connectivity index (χ1) is 8.23. The molecular weight excluding hydrogens is 238 g/mol. The first kappa shape index (κ1) is 14.3. The first-order valence-electron chi connectivity index (χ1n) is 5.75. The largest absolute Gasteiger partial charge is 0.480 e. The molecule has 1 rings (SSSR count). The van der Waals surface area contributed by atoms with Gasteiger partial charge >= 0.3 is 12.0 Å². The van der Waals surface area contributed by atoms with Gasteiger partial charge in [0, 0.05) is 13.6 Å². The number of amides is 3. The number of carbonyl (C=O) groups is 3. The Kier molecular flexibility index (Phi) is 3.83. The number of rotatable bonds is 5. The second-order valence-electron chi connectivity index (χ2n) is 5.16. The maximum Gasteiger partial charge on any atom is 0.329 e. The van der Waals surface area contributed by atoms with Crippen molar-refractivity contribution >= 4 is 17.9 Å². The van der Waals surface area contributed by atoms with E-state index in [4.69, 9.17) is 5.11 Å². The smallest absolute Gasteiger partial charge is 0.329 e. The van der Waals surface area contributed by atoms with E-state index in [9.17, 15) is 14.4 Å². The SMILES string of the molecule is CNC(=O)C(C)(C)CNC(=O)NC1(C(=O)O)CC1. The molecule has 0 radical (unpaired) electrons. The van der Waals surface area contributed by atoms with Gasteiger partial charge in [0.05, 0.1) is 5.41 Å². The molecule has 1 aliphatic rings. The molecule has 4 N–H and O–H groups in total. The molecule has 102 valence electrons. The molecule has 0 atom stereocenters. The van der Waals surface area contributed by atoms with Crippen LogP contribution in [0.3, 0.4) is 0 Å². The Balaban J connectivity index is 2.43. The summed E-state index contributed by atoms with van der Waals surface area (Å²) < 4.78 is 0. The summed E-state index contributed by atoms with van der Waals surface area (Å²) in [6.45, 7) is 3.51. The molecule has 0 aliphatic heterocycles. The zero-order chi connectivity index (χ0) is 14.0. The molecule has 0 aromatic carbocycles. The quantitative estimate of drug-likeness (QED) is 0.541. The summed E-state index contributed by atoms with van der Waals surface area (Å²) in [5, 5.41) is 16.3. The van der Waals surface area contributed by atoms with Crippen LogP contribution in [0.1, 0.15) is 26.7 Å². The minimum Gasteiger partial charge on any atom is -0.480 e. The Labute approximate surface area is 105 Å². The van der Waals surface area contributed by atoms with Crippen LogP contribution >= 0.6 is 0 Å². The number of aliphatic carboxylic acids is 1. The van der Waals surface area contributed by atoms with Crippen LogP contribution in [0.2, 0.25) is 0 Å². The summed E-state index contributed by atoms with van der Waals surface area (Å²) in [6.07, 6.45) is 0.878. The number of urea groups is 1. The lowest BCUT2D eigenvalue weighted by Gasteiger charge is -2.23. The van der Waals surface area contributed by atoms with Crippen molar-refractivity contribution in [3.05, 3.63) is 0 Å². The molecule has 0 spiro atoms. The van der Waals surface area contributed by atoms with E-state index in [0.717, 1.165) is 0 Å². The summed E-state index contributed by atoms with van der Waals surface area (Å²) in [4.78, 5) is 33.9. The van der Waals surface area contributed by atoms with Gasteiger partial charge < -0.3 is 21.1 Å². The highest BCUT2D eigenvalue weighted by Crippen LogP contribution is 2.35. The van der Waals surface area contributed by atoms with Crippen LogP contribution in [0.25, 0.3) is 0 Å². The fraction of sp³-hybridized carbons (Fsp3) is 0.727. The van der Waals surface area contributed by atoms with E-state index in [1.54, 1.807) is 13.8 Å². The van der Waals surface area contributed by atoms with E-state index < -0.39 is 23.0 Å². The van der Waals surface area contributed by atoms with E-state index >= 15 is 0 Å². The van der Waals surface area contributed by atoms with Gasteiger partial charge in [-0.05, 0) is 26.7 Å². The Morgan fingerprint density at radius 2 is 1.83 bits per heavy atom. The van der Waals surface area contributed by atoms with Gasteiger partial charge in [0.1, 0.15) is 5.54 Å². The molecule has 18 heavy (non-hydrogen) atoms. The molecule has 1 aliphatic carbocycles. The molecule has 1 saturated carbocycles. The predicted octanol–water partition coefficient (Wildman–Crippen LogP) is -0.325. The molecule has 0 unspecified atom stereocenters. The zero-order valence-electron chi connectivity index (χ0n) is 10.8. The highest BCUT2D eigenvalue weighted by atomic mass is 16.4. The van der Waals surface area contributed by atoms with Crippen LogP contribution in [0.15, 0.2) is 0 Å². The first-order valence-corrected chi connectivity index (χ1v) is 5.75. The molecule has 0 saturated heterocycles. The van der Waals surface area contributed by atoms with E-state index in [1.165, 1.54) is 7.05 Å². The molecule has 0 bridgehead atoms. The molecule has 1 fully saturated rings. The van der Waals surface area contributed by atoms with Crippen LogP contribution < -0.4 is 16.0 Å². The highest BCUT2D eigenvalue weighted by molar-refractivity contribution is 5.89. The topological polar surface area (TPSA) is 108 Å². The van der Waals surface area contributed by atoms with Crippen molar-refractivity contribution in [1.29, 1.82) is 0 Å². The number of hydrogen-bond donors (Lipinski definition) is 4. The third-order valence-electron chi connectivity index (χ3n) is 3.04. The molecule has 3 amide bonds. The van der Waals surface area contributed by atoms with Gasteiger partial charge in [-0.25, -0.2) is 9.59 Å². The van der Waals surface area contributed by atoms with Crippen molar-refractivity contribution in [2.75, 3.05) is 13.6 Å². The molecule has 0 aromatic rings. The molecule has 7 heteroatoms. The van der Waals surface area contributed by atoms with Gasteiger partial charge in [0.2, 0.25) is 5.91 Å². The Morgan fingerprint density at radius 3 is 2.22 bits per heavy atom. The fourth-order valence-corrected chi connectivity index (χ4v) is 1.50. The number of nitrogens with one attached hydrogen (secondary N) is 3. The predicted molar refractivity (Wildman–Crippen MR) is 64.0 cm³/mol. The summed E-state index contributed by atoms with van der Waals surface area (Å²) in [7, 11) is 1.52. The third kappa shape index (κ3) is 3.12. The molecule has 0 aromatic heterocycles. The van der Waals surface area contributed by atoms with Crippen molar-refractivity contribution in [2.24, 2.45) is 5.41 Å². The third-order valence-corrected chi connectivity index (χ3v) is 3.04. The lowest BCUT2D eigenvalue weighted by atomic mass is 9.92. The van der Waals surface area contributed by atoms with E-state index in [0.29, 0.717) is 12.8 Å². The number of carboxylic acids is 1. The van der Waals surface area contributed by atoms with Crippen molar-refractivity contribution < 1.29 is 19.5 Å². The van der Waals surface area contributed by atoms with Gasteiger partial charge in [-0.2, -0.15) is 0 Å². The number of hydrogen-bond acceptors (Lipinski definition) is 3. The van der Waals surface area contributed by atoms with Crippen molar-refractivity contribution in [1.82, 2.24) is 16.0 Å². The highest BCUT2D eigenvalue weighted by Gasteiger charge is 2.51. The minimum absolute atomic E-state index is 0.133. The average molecular weight is 257 g/mol. The fourth-order valence-electron chi connectivity index (χ4n) is 1.50. The van der Waals surface area contributed by atoms with Crippen molar-refractivity contribution in [3.63, 3.8) is 0 Å². The average Bonchev–Trinajstić information content (AvgIpc) is 3.06. The van der Waals surface area contributed by atoms with Gasteiger partial charge in [0.15, 0.2) is 0 Å². The van der Waals surface area contributed by atoms with Crippen LogP contribution in [-0.2, 0) is 9.59 Å². The van der Waals surface area contributed by atoms with Crippen LogP contribution in [0.5, 0.6) is 0 Å². The van der Waals surface area contributed by atoms with Crippen molar-refractivity contribution in [2.45, 2.75) is 32.2 Å². The van der Waals surface area contributed by atoms with Crippen LogP contribution in [0, 0.1) is 5.41 Å². The molecular formula is C11H19N3O4. The standard InChI is InChI=1S/C11H19N3O4/c1-10(2,7(15)12-3)6-13-9(18)14-11(4-5-11)8(16)17/h4-6H2,1-3H3,(H,12,15)(H,16,17)(H2,13,14,18). The second kappa shape index (κ2) is 4.83. The normalized spacial score (nSPS) is 16.6. The van der Waals surface area contributed by atoms with Crippen LogP contribution in [0.4, 0.5) is 4.79 Å². The lowest BCUT2D eigenvalue weighted by molar-refractivity contribution is -0.140.